The summed E-state index contributed by atoms with van der Waals surface area (Å²) in [6.45, 7) is 0.430. The normalized spacial score (nSPS) is 13.4. The fourth-order valence-corrected chi connectivity index (χ4v) is 4.63. The van der Waals surface area contributed by atoms with E-state index < -0.39 is 0 Å². The van der Waals surface area contributed by atoms with Gasteiger partial charge in [-0.1, -0.05) is 36.5 Å². The van der Waals surface area contributed by atoms with E-state index in [0.29, 0.717) is 11.5 Å². The molecule has 1 aromatic carbocycles. The monoisotopic (exact) mass is 341 g/mol. The maximum Gasteiger partial charge on any atom is 0.262 e. The summed E-state index contributed by atoms with van der Waals surface area (Å²) in [6.07, 6.45) is 4.82. The van der Waals surface area contributed by atoms with Crippen LogP contribution in [0.3, 0.4) is 0 Å². The zero-order valence-electron chi connectivity index (χ0n) is 12.4. The summed E-state index contributed by atoms with van der Waals surface area (Å²) < 4.78 is 1.66. The highest BCUT2D eigenvalue weighted by Crippen LogP contribution is 2.34. The number of benzene rings is 1. The van der Waals surface area contributed by atoms with Crippen LogP contribution >= 0.6 is 23.6 Å². The summed E-state index contributed by atoms with van der Waals surface area (Å²) in [7, 11) is 0. The second-order valence-electron chi connectivity index (χ2n) is 5.74. The highest BCUT2D eigenvalue weighted by Gasteiger charge is 2.21. The van der Waals surface area contributed by atoms with E-state index in [1.165, 1.54) is 10.4 Å². The molecule has 2 aromatic heterocycles. The summed E-state index contributed by atoms with van der Waals surface area (Å²) in [5.41, 5.74) is 8.78. The second kappa shape index (κ2) is 5.54. The Morgan fingerprint density at radius 1 is 1.35 bits per heavy atom. The van der Waals surface area contributed by atoms with Crippen LogP contribution in [0.1, 0.15) is 28.0 Å². The number of fused-ring (bicyclic) bond motifs is 3. The molecule has 0 bridgehead atoms. The maximum absolute atomic E-state index is 12.9. The van der Waals surface area contributed by atoms with E-state index in [0.717, 1.165) is 40.6 Å². The van der Waals surface area contributed by atoms with Crippen LogP contribution in [0, 0.1) is 0 Å². The molecule has 0 amide bonds. The molecule has 4 rings (SSSR count). The van der Waals surface area contributed by atoms with E-state index in [1.54, 1.807) is 22.2 Å². The molecule has 0 aliphatic heterocycles. The Kier molecular flexibility index (Phi) is 3.50. The van der Waals surface area contributed by atoms with Gasteiger partial charge in [0, 0.05) is 10.4 Å². The van der Waals surface area contributed by atoms with Gasteiger partial charge in [0.15, 0.2) is 0 Å². The third-order valence-corrected chi connectivity index (χ3v) is 5.74. The quantitative estimate of drug-likeness (QED) is 0.744. The molecule has 23 heavy (non-hydrogen) atoms. The molecule has 0 saturated carbocycles. The van der Waals surface area contributed by atoms with Gasteiger partial charge in [-0.15, -0.1) is 11.3 Å². The molecule has 2 N–H and O–H groups in total. The predicted molar refractivity (Wildman–Crippen MR) is 97.3 cm³/mol. The smallest absolute Gasteiger partial charge is 0.262 e. The highest BCUT2D eigenvalue weighted by molar-refractivity contribution is 7.80. The SMILES string of the molecule is NC(=S)c1ccccc1Cn1cnc2sc3c(c2c1=O)CCC3. The van der Waals surface area contributed by atoms with Crippen molar-refractivity contribution in [1.82, 2.24) is 9.55 Å². The minimum Gasteiger partial charge on any atom is -0.389 e. The van der Waals surface area contributed by atoms with E-state index >= 15 is 0 Å². The average Bonchev–Trinajstić information content (AvgIpc) is 3.11. The average molecular weight is 341 g/mol. The Morgan fingerprint density at radius 2 is 2.17 bits per heavy atom. The lowest BCUT2D eigenvalue weighted by atomic mass is 10.1. The number of hydrogen-bond acceptors (Lipinski definition) is 4. The van der Waals surface area contributed by atoms with Crippen LogP contribution in [0.5, 0.6) is 0 Å². The summed E-state index contributed by atoms with van der Waals surface area (Å²) in [5.74, 6) is 0. The van der Waals surface area contributed by atoms with Crippen molar-refractivity contribution in [2.75, 3.05) is 0 Å². The molecule has 2 heterocycles. The highest BCUT2D eigenvalue weighted by atomic mass is 32.1. The molecule has 0 radical (unpaired) electrons. The van der Waals surface area contributed by atoms with Crippen molar-refractivity contribution < 1.29 is 0 Å². The van der Waals surface area contributed by atoms with Crippen molar-refractivity contribution in [1.29, 1.82) is 0 Å². The van der Waals surface area contributed by atoms with E-state index in [1.807, 2.05) is 24.3 Å². The van der Waals surface area contributed by atoms with Crippen LogP contribution in [-0.2, 0) is 19.4 Å². The fourth-order valence-electron chi connectivity index (χ4n) is 3.21. The first-order chi connectivity index (χ1) is 11.1. The van der Waals surface area contributed by atoms with E-state index in [2.05, 4.69) is 4.98 Å². The van der Waals surface area contributed by atoms with Crippen LogP contribution in [-0.4, -0.2) is 14.5 Å². The zero-order valence-corrected chi connectivity index (χ0v) is 14.0. The van der Waals surface area contributed by atoms with Gasteiger partial charge in [-0.25, -0.2) is 4.98 Å². The standard InChI is InChI=1S/C17H15N3OS2/c18-15(22)11-5-2-1-4-10(11)8-20-9-19-16-14(17(20)21)12-6-3-7-13(12)23-16/h1-2,4-5,9H,3,6-8H2,(H2,18,22). The van der Waals surface area contributed by atoms with E-state index in [-0.39, 0.29) is 5.56 Å². The predicted octanol–water partition coefficient (Wildman–Crippen LogP) is 2.63. The Hall–Kier alpha value is -2.05. The lowest BCUT2D eigenvalue weighted by Gasteiger charge is -2.10. The molecule has 0 fully saturated rings. The molecular formula is C17H15N3OS2. The third-order valence-electron chi connectivity index (χ3n) is 4.32. The first kappa shape index (κ1) is 14.5. The molecule has 1 aliphatic rings. The molecule has 0 unspecified atom stereocenters. The zero-order chi connectivity index (χ0) is 16.0. The van der Waals surface area contributed by atoms with Crippen molar-refractivity contribution in [3.63, 3.8) is 0 Å². The van der Waals surface area contributed by atoms with Gasteiger partial charge >= 0.3 is 0 Å². The van der Waals surface area contributed by atoms with Gasteiger partial charge in [0.25, 0.3) is 5.56 Å². The van der Waals surface area contributed by atoms with Crippen LogP contribution in [0.4, 0.5) is 0 Å². The summed E-state index contributed by atoms with van der Waals surface area (Å²) in [4.78, 5) is 19.9. The van der Waals surface area contributed by atoms with Crippen molar-refractivity contribution >= 4 is 38.8 Å². The first-order valence-corrected chi connectivity index (χ1v) is 8.75. The van der Waals surface area contributed by atoms with Gasteiger partial charge in [0.1, 0.15) is 9.82 Å². The number of thiocarbonyl (C=S) groups is 1. The molecule has 3 aromatic rings. The molecule has 116 valence electrons. The summed E-state index contributed by atoms with van der Waals surface area (Å²) in [5, 5.41) is 0.804. The van der Waals surface area contributed by atoms with Crippen LogP contribution in [0.25, 0.3) is 10.2 Å². The summed E-state index contributed by atoms with van der Waals surface area (Å²) in [6, 6.07) is 7.66. The van der Waals surface area contributed by atoms with Gasteiger partial charge in [0.2, 0.25) is 0 Å². The molecule has 1 aliphatic carbocycles. The second-order valence-corrected chi connectivity index (χ2v) is 7.26. The summed E-state index contributed by atoms with van der Waals surface area (Å²) >= 11 is 6.76. The van der Waals surface area contributed by atoms with Crippen molar-refractivity contribution in [3.05, 3.63) is 62.5 Å². The first-order valence-electron chi connectivity index (χ1n) is 7.52. The van der Waals surface area contributed by atoms with Crippen LogP contribution < -0.4 is 11.3 Å². The Labute approximate surface area is 142 Å². The fraction of sp³-hybridized carbons (Fsp3) is 0.235. The van der Waals surface area contributed by atoms with E-state index in [9.17, 15) is 4.79 Å². The largest absolute Gasteiger partial charge is 0.389 e. The Bertz CT molecular complexity index is 987. The third kappa shape index (κ3) is 2.38. The molecule has 6 heteroatoms. The van der Waals surface area contributed by atoms with Gasteiger partial charge in [-0.3, -0.25) is 9.36 Å². The number of aryl methyl sites for hydroxylation is 2. The van der Waals surface area contributed by atoms with Crippen LogP contribution in [0.2, 0.25) is 0 Å². The molecule has 0 atom stereocenters. The van der Waals surface area contributed by atoms with Gasteiger partial charge in [-0.2, -0.15) is 0 Å². The van der Waals surface area contributed by atoms with Gasteiger partial charge in [-0.05, 0) is 30.4 Å². The Morgan fingerprint density at radius 3 is 3.00 bits per heavy atom. The number of thiophene rings is 1. The van der Waals surface area contributed by atoms with Gasteiger partial charge < -0.3 is 5.73 Å². The number of rotatable bonds is 3. The number of nitrogens with zero attached hydrogens (tertiary/aromatic N) is 2. The topological polar surface area (TPSA) is 60.9 Å². The minimum absolute atomic E-state index is 0.0344. The lowest BCUT2D eigenvalue weighted by Crippen LogP contribution is -2.23. The van der Waals surface area contributed by atoms with Crippen molar-refractivity contribution in [3.8, 4) is 0 Å². The molecule has 0 spiro atoms. The van der Waals surface area contributed by atoms with Crippen LogP contribution in [0.15, 0.2) is 35.4 Å². The van der Waals surface area contributed by atoms with Crippen molar-refractivity contribution in [2.45, 2.75) is 25.8 Å². The molecule has 0 saturated heterocycles. The van der Waals surface area contributed by atoms with Gasteiger partial charge in [0.05, 0.1) is 18.3 Å². The number of nitrogens with two attached hydrogens (primary N) is 1. The molecular weight excluding hydrogens is 326 g/mol. The van der Waals surface area contributed by atoms with E-state index in [4.69, 9.17) is 18.0 Å². The lowest BCUT2D eigenvalue weighted by molar-refractivity contribution is 0.747. The number of hydrogen-bond donors (Lipinski definition) is 1. The minimum atomic E-state index is 0.0344. The number of aromatic nitrogens is 2. The molecule has 4 nitrogen and oxygen atoms in total. The Balaban J connectivity index is 1.83. The van der Waals surface area contributed by atoms with Crippen molar-refractivity contribution in [2.24, 2.45) is 5.73 Å². The maximum atomic E-state index is 12.9.